The van der Waals surface area contributed by atoms with Crippen LogP contribution in [-0.2, 0) is 16.1 Å². The summed E-state index contributed by atoms with van der Waals surface area (Å²) < 4.78 is 5.04. The molecule has 0 aliphatic rings. The van der Waals surface area contributed by atoms with Crippen LogP contribution in [0.4, 0.5) is 0 Å². The largest absolute Gasteiger partial charge is 0.468 e. The van der Waals surface area contributed by atoms with E-state index < -0.39 is 17.9 Å². The number of hydrogen-bond acceptors (Lipinski definition) is 4. The van der Waals surface area contributed by atoms with Crippen molar-refractivity contribution in [2.75, 3.05) is 0 Å². The van der Waals surface area contributed by atoms with Crippen LogP contribution < -0.4 is 16.8 Å². The zero-order valence-electron chi connectivity index (χ0n) is 8.10. The van der Waals surface area contributed by atoms with Gasteiger partial charge in [0.15, 0.2) is 0 Å². The summed E-state index contributed by atoms with van der Waals surface area (Å²) in [7, 11) is 0. The smallest absolute Gasteiger partial charge is 0.235 e. The second-order valence-electron chi connectivity index (χ2n) is 3.09. The zero-order valence-corrected chi connectivity index (χ0v) is 8.10. The van der Waals surface area contributed by atoms with E-state index in [0.717, 1.165) is 0 Å². The van der Waals surface area contributed by atoms with Crippen LogP contribution in [0.3, 0.4) is 0 Å². The monoisotopic (exact) mass is 211 g/mol. The lowest BCUT2D eigenvalue weighted by molar-refractivity contribution is -0.125. The summed E-state index contributed by atoms with van der Waals surface area (Å²) in [5.74, 6) is -0.531. The third-order valence-corrected chi connectivity index (χ3v) is 1.85. The Balaban J connectivity index is 2.45. The number of nitrogens with two attached hydrogens (primary N) is 2. The fourth-order valence-electron chi connectivity index (χ4n) is 1.11. The van der Waals surface area contributed by atoms with Crippen LogP contribution in [0.5, 0.6) is 0 Å². The van der Waals surface area contributed by atoms with Gasteiger partial charge < -0.3 is 15.9 Å². The van der Waals surface area contributed by atoms with Gasteiger partial charge in [-0.1, -0.05) is 0 Å². The molecule has 6 heteroatoms. The maximum Gasteiger partial charge on any atom is 0.235 e. The van der Waals surface area contributed by atoms with Gasteiger partial charge in [-0.15, -0.1) is 0 Å². The second kappa shape index (κ2) is 5.16. The van der Waals surface area contributed by atoms with Crippen molar-refractivity contribution in [1.29, 1.82) is 0 Å². The number of furan rings is 1. The molecule has 2 amide bonds. The SMILES string of the molecule is NC(=O)CC(NCc1ccco1)C(N)=O. The van der Waals surface area contributed by atoms with E-state index in [4.69, 9.17) is 15.9 Å². The minimum Gasteiger partial charge on any atom is -0.468 e. The Morgan fingerprint density at radius 2 is 2.20 bits per heavy atom. The van der Waals surface area contributed by atoms with Gasteiger partial charge in [-0.05, 0) is 12.1 Å². The fourth-order valence-corrected chi connectivity index (χ4v) is 1.11. The summed E-state index contributed by atoms with van der Waals surface area (Å²) in [5.41, 5.74) is 10.1. The summed E-state index contributed by atoms with van der Waals surface area (Å²) >= 11 is 0. The average Bonchev–Trinajstić information content (AvgIpc) is 2.63. The molecule has 5 N–H and O–H groups in total. The molecule has 0 bridgehead atoms. The highest BCUT2D eigenvalue weighted by Crippen LogP contribution is 2.00. The first-order valence-corrected chi connectivity index (χ1v) is 4.43. The van der Waals surface area contributed by atoms with Gasteiger partial charge in [0, 0.05) is 0 Å². The Morgan fingerprint density at radius 1 is 1.47 bits per heavy atom. The maximum atomic E-state index is 10.9. The van der Waals surface area contributed by atoms with E-state index in [0.29, 0.717) is 12.3 Å². The Bertz CT molecular complexity index is 334. The molecule has 0 aliphatic heterocycles. The van der Waals surface area contributed by atoms with E-state index in [1.807, 2.05) is 0 Å². The van der Waals surface area contributed by atoms with Crippen LogP contribution >= 0.6 is 0 Å². The lowest BCUT2D eigenvalue weighted by Gasteiger charge is -2.12. The van der Waals surface area contributed by atoms with Gasteiger partial charge >= 0.3 is 0 Å². The zero-order chi connectivity index (χ0) is 11.3. The molecule has 0 fully saturated rings. The van der Waals surface area contributed by atoms with Crippen molar-refractivity contribution in [3.63, 3.8) is 0 Å². The van der Waals surface area contributed by atoms with Crippen LogP contribution in [0.1, 0.15) is 12.2 Å². The van der Waals surface area contributed by atoms with E-state index in [2.05, 4.69) is 5.32 Å². The number of amides is 2. The number of primary amides is 2. The molecule has 0 spiro atoms. The molecule has 1 heterocycles. The number of rotatable bonds is 6. The molecule has 0 saturated carbocycles. The van der Waals surface area contributed by atoms with Crippen molar-refractivity contribution in [1.82, 2.24) is 5.32 Å². The van der Waals surface area contributed by atoms with E-state index in [1.165, 1.54) is 6.26 Å². The highest BCUT2D eigenvalue weighted by molar-refractivity contribution is 5.86. The van der Waals surface area contributed by atoms with Gasteiger partial charge in [-0.2, -0.15) is 0 Å². The van der Waals surface area contributed by atoms with Gasteiger partial charge in [0.1, 0.15) is 5.76 Å². The first kappa shape index (κ1) is 11.3. The van der Waals surface area contributed by atoms with Crippen LogP contribution in [0, 0.1) is 0 Å². The summed E-state index contributed by atoms with van der Waals surface area (Å²) in [5, 5.41) is 2.78. The van der Waals surface area contributed by atoms with Crippen LogP contribution in [0.15, 0.2) is 22.8 Å². The van der Waals surface area contributed by atoms with E-state index in [9.17, 15) is 9.59 Å². The number of hydrogen-bond donors (Lipinski definition) is 3. The van der Waals surface area contributed by atoms with Gasteiger partial charge in [0.05, 0.1) is 25.3 Å². The van der Waals surface area contributed by atoms with Crippen LogP contribution in [-0.4, -0.2) is 17.9 Å². The Kier molecular flexibility index (Phi) is 3.87. The maximum absolute atomic E-state index is 10.9. The predicted octanol–water partition coefficient (Wildman–Crippen LogP) is -0.902. The minimum absolute atomic E-state index is 0.115. The number of carbonyl (C=O) groups is 2. The van der Waals surface area contributed by atoms with E-state index in [-0.39, 0.29) is 6.42 Å². The summed E-state index contributed by atoms with van der Waals surface area (Å²) in [4.78, 5) is 21.5. The summed E-state index contributed by atoms with van der Waals surface area (Å²) in [6.45, 7) is 0.327. The second-order valence-corrected chi connectivity index (χ2v) is 3.09. The molecule has 1 rings (SSSR count). The molecule has 0 radical (unpaired) electrons. The molecule has 1 aromatic rings. The van der Waals surface area contributed by atoms with Crippen molar-refractivity contribution < 1.29 is 14.0 Å². The Hall–Kier alpha value is -1.82. The normalized spacial score (nSPS) is 12.3. The van der Waals surface area contributed by atoms with Crippen molar-refractivity contribution in [3.8, 4) is 0 Å². The van der Waals surface area contributed by atoms with Crippen molar-refractivity contribution in [3.05, 3.63) is 24.2 Å². The molecule has 1 unspecified atom stereocenters. The first-order valence-electron chi connectivity index (χ1n) is 4.43. The van der Waals surface area contributed by atoms with Crippen molar-refractivity contribution >= 4 is 11.8 Å². The molecular weight excluding hydrogens is 198 g/mol. The molecular formula is C9H13N3O3. The van der Waals surface area contributed by atoms with E-state index >= 15 is 0 Å². The third kappa shape index (κ3) is 3.82. The average molecular weight is 211 g/mol. The Morgan fingerprint density at radius 3 is 2.67 bits per heavy atom. The highest BCUT2D eigenvalue weighted by atomic mass is 16.3. The lowest BCUT2D eigenvalue weighted by Crippen LogP contribution is -2.43. The molecule has 0 aromatic carbocycles. The van der Waals surface area contributed by atoms with Gasteiger partial charge in [-0.25, -0.2) is 0 Å². The third-order valence-electron chi connectivity index (χ3n) is 1.85. The van der Waals surface area contributed by atoms with E-state index in [1.54, 1.807) is 12.1 Å². The first-order chi connectivity index (χ1) is 7.09. The van der Waals surface area contributed by atoms with Gasteiger partial charge in [-0.3, -0.25) is 14.9 Å². The summed E-state index contributed by atoms with van der Waals surface area (Å²) in [6.07, 6.45) is 1.40. The van der Waals surface area contributed by atoms with Gasteiger partial charge in [0.2, 0.25) is 11.8 Å². The number of nitrogens with one attached hydrogen (secondary N) is 1. The Labute approximate surface area is 86.6 Å². The number of carbonyl (C=O) groups excluding carboxylic acids is 2. The molecule has 1 aromatic heterocycles. The van der Waals surface area contributed by atoms with Crippen LogP contribution in [0.2, 0.25) is 0 Å². The quantitative estimate of drug-likeness (QED) is 0.566. The van der Waals surface area contributed by atoms with Crippen molar-refractivity contribution in [2.45, 2.75) is 19.0 Å². The molecule has 15 heavy (non-hydrogen) atoms. The molecule has 0 saturated heterocycles. The van der Waals surface area contributed by atoms with Gasteiger partial charge in [0.25, 0.3) is 0 Å². The predicted molar refractivity (Wildman–Crippen MR) is 52.3 cm³/mol. The minimum atomic E-state index is -0.757. The highest BCUT2D eigenvalue weighted by Gasteiger charge is 2.17. The molecule has 6 nitrogen and oxygen atoms in total. The topological polar surface area (TPSA) is 111 Å². The lowest BCUT2D eigenvalue weighted by atomic mass is 10.2. The molecule has 0 aliphatic carbocycles. The van der Waals surface area contributed by atoms with Crippen LogP contribution in [0.25, 0.3) is 0 Å². The standard InChI is InChI=1S/C9H13N3O3/c10-8(13)4-7(9(11)14)12-5-6-2-1-3-15-6/h1-3,7,12H,4-5H2,(H2,10,13)(H2,11,14). The fraction of sp³-hybridized carbons (Fsp3) is 0.333. The molecule has 1 atom stereocenters. The summed E-state index contributed by atoms with van der Waals surface area (Å²) in [6, 6.07) is 2.72. The molecule has 82 valence electrons. The van der Waals surface area contributed by atoms with Crippen molar-refractivity contribution in [2.24, 2.45) is 11.5 Å².